The minimum atomic E-state index is -1.11. The summed E-state index contributed by atoms with van der Waals surface area (Å²) in [6.07, 6.45) is 0.346. The van der Waals surface area contributed by atoms with E-state index in [0.717, 1.165) is 11.1 Å². The van der Waals surface area contributed by atoms with Crippen LogP contribution in [0.3, 0.4) is 0 Å². The molecule has 8 nitrogen and oxygen atoms in total. The lowest BCUT2D eigenvalue weighted by atomic mass is 10.1. The highest BCUT2D eigenvalue weighted by molar-refractivity contribution is 5.98. The quantitative estimate of drug-likeness (QED) is 0.470. The van der Waals surface area contributed by atoms with Crippen molar-refractivity contribution < 1.29 is 14.3 Å². The number of ether oxygens (including phenoxy) is 1. The first-order valence-electron chi connectivity index (χ1n) is 9.99. The summed E-state index contributed by atoms with van der Waals surface area (Å²) < 4.78 is 7.13. The van der Waals surface area contributed by atoms with Crippen LogP contribution in [0, 0.1) is 13.8 Å². The molecular weight excluding hydrogens is 406 g/mol. The Labute approximate surface area is 184 Å². The Morgan fingerprint density at radius 3 is 2.41 bits per heavy atom. The number of hydrogen-bond donors (Lipinski definition) is 1. The lowest BCUT2D eigenvalue weighted by molar-refractivity contribution is -0.125. The third kappa shape index (κ3) is 4.70. The molecule has 0 saturated heterocycles. The van der Waals surface area contributed by atoms with E-state index in [4.69, 9.17) is 4.74 Å². The van der Waals surface area contributed by atoms with Crippen LogP contribution in [0.15, 0.2) is 79.1 Å². The smallest absolute Gasteiger partial charge is 0.339 e. The molecule has 0 saturated carbocycles. The molecule has 0 spiro atoms. The predicted octanol–water partition coefficient (Wildman–Crippen LogP) is 3.82. The van der Waals surface area contributed by atoms with Crippen molar-refractivity contribution in [2.24, 2.45) is 0 Å². The van der Waals surface area contributed by atoms with Crippen LogP contribution in [0.4, 0.5) is 5.69 Å². The number of aromatic nitrogens is 4. The zero-order valence-corrected chi connectivity index (χ0v) is 17.6. The Bertz CT molecular complexity index is 1220. The summed E-state index contributed by atoms with van der Waals surface area (Å²) in [7, 11) is 0. The average molecular weight is 427 g/mol. The topological polar surface area (TPSA) is 99.0 Å². The maximum absolute atomic E-state index is 13.1. The molecule has 1 aromatic heterocycles. The predicted molar refractivity (Wildman–Crippen MR) is 118 cm³/mol. The average Bonchev–Trinajstić information content (AvgIpc) is 3.35. The Morgan fingerprint density at radius 1 is 0.969 bits per heavy atom. The van der Waals surface area contributed by atoms with Crippen molar-refractivity contribution in [1.82, 2.24) is 20.2 Å². The molecule has 160 valence electrons. The van der Waals surface area contributed by atoms with Gasteiger partial charge in [-0.05, 0) is 65.7 Å². The molecule has 0 aliphatic rings. The molecule has 1 N–H and O–H groups in total. The molecule has 1 amide bonds. The highest BCUT2D eigenvalue weighted by Crippen LogP contribution is 2.24. The first-order chi connectivity index (χ1) is 15.5. The molecule has 0 radical (unpaired) electrons. The van der Waals surface area contributed by atoms with Crippen LogP contribution in [0.25, 0.3) is 5.69 Å². The van der Waals surface area contributed by atoms with Crippen molar-refractivity contribution in [3.8, 4) is 5.69 Å². The third-order valence-electron chi connectivity index (χ3n) is 4.93. The minimum Gasteiger partial charge on any atom is -0.444 e. The summed E-state index contributed by atoms with van der Waals surface area (Å²) in [5, 5.41) is 13.9. The van der Waals surface area contributed by atoms with Crippen molar-refractivity contribution in [2.75, 3.05) is 5.32 Å². The normalized spacial score (nSPS) is 11.6. The van der Waals surface area contributed by atoms with E-state index in [0.29, 0.717) is 22.5 Å². The zero-order valence-electron chi connectivity index (χ0n) is 17.6. The molecule has 1 unspecified atom stereocenters. The number of amides is 1. The second-order valence-electron chi connectivity index (χ2n) is 7.30. The van der Waals surface area contributed by atoms with Gasteiger partial charge in [0, 0.05) is 11.3 Å². The Kier molecular flexibility index (Phi) is 6.03. The lowest BCUT2D eigenvalue weighted by Crippen LogP contribution is -2.26. The number of carbonyl (C=O) groups excluding carboxylic acids is 2. The number of tetrazole rings is 1. The molecule has 8 heteroatoms. The fourth-order valence-electron chi connectivity index (χ4n) is 3.17. The molecule has 0 bridgehead atoms. The number of aryl methyl sites for hydroxylation is 2. The summed E-state index contributed by atoms with van der Waals surface area (Å²) in [5.41, 5.74) is 4.19. The molecule has 1 heterocycles. The van der Waals surface area contributed by atoms with Crippen LogP contribution < -0.4 is 5.32 Å². The number of rotatable bonds is 6. The Morgan fingerprint density at radius 2 is 1.72 bits per heavy atom. The van der Waals surface area contributed by atoms with Crippen molar-refractivity contribution in [1.29, 1.82) is 0 Å². The molecule has 4 aromatic rings. The lowest BCUT2D eigenvalue weighted by Gasteiger charge is -2.19. The first-order valence-corrected chi connectivity index (χ1v) is 9.99. The second kappa shape index (κ2) is 9.22. The number of esters is 1. The third-order valence-corrected chi connectivity index (χ3v) is 4.93. The van der Waals surface area contributed by atoms with E-state index < -0.39 is 18.0 Å². The fraction of sp³-hybridized carbons (Fsp3) is 0.125. The SMILES string of the molecule is Cc1ccc(C)c(NC(=O)C(OC(=O)c2ccc(-n3cnnn3)cc2)c2ccccc2)c1. The zero-order chi connectivity index (χ0) is 22.5. The van der Waals surface area contributed by atoms with Crippen molar-refractivity contribution >= 4 is 17.6 Å². The van der Waals surface area contributed by atoms with Crippen LogP contribution in [0.2, 0.25) is 0 Å². The van der Waals surface area contributed by atoms with Gasteiger partial charge in [0.1, 0.15) is 6.33 Å². The van der Waals surface area contributed by atoms with Gasteiger partial charge in [-0.25, -0.2) is 9.48 Å². The number of nitrogens with one attached hydrogen (secondary N) is 1. The number of benzene rings is 3. The first kappa shape index (κ1) is 20.9. The highest BCUT2D eigenvalue weighted by Gasteiger charge is 2.26. The van der Waals surface area contributed by atoms with Gasteiger partial charge < -0.3 is 10.1 Å². The van der Waals surface area contributed by atoms with Gasteiger partial charge in [-0.15, -0.1) is 5.10 Å². The summed E-state index contributed by atoms with van der Waals surface area (Å²) in [5.74, 6) is -1.04. The van der Waals surface area contributed by atoms with Crippen molar-refractivity contribution in [3.05, 3.63) is 101 Å². The van der Waals surface area contributed by atoms with E-state index in [1.807, 2.05) is 38.1 Å². The van der Waals surface area contributed by atoms with E-state index in [1.54, 1.807) is 48.5 Å². The molecule has 4 rings (SSSR count). The molecule has 0 fully saturated rings. The van der Waals surface area contributed by atoms with Crippen LogP contribution in [-0.4, -0.2) is 32.1 Å². The Balaban J connectivity index is 1.56. The number of hydrogen-bond acceptors (Lipinski definition) is 6. The van der Waals surface area contributed by atoms with Gasteiger partial charge in [-0.2, -0.15) is 0 Å². The van der Waals surface area contributed by atoms with E-state index in [9.17, 15) is 9.59 Å². The van der Waals surface area contributed by atoms with Gasteiger partial charge >= 0.3 is 5.97 Å². The van der Waals surface area contributed by atoms with E-state index in [-0.39, 0.29) is 0 Å². The summed E-state index contributed by atoms with van der Waals surface area (Å²) in [4.78, 5) is 26.0. The molecule has 0 aliphatic heterocycles. The maximum Gasteiger partial charge on any atom is 0.339 e. The minimum absolute atomic E-state index is 0.308. The van der Waals surface area contributed by atoms with Gasteiger partial charge in [0.05, 0.1) is 11.3 Å². The summed E-state index contributed by atoms with van der Waals surface area (Å²) >= 11 is 0. The van der Waals surface area contributed by atoms with Gasteiger partial charge in [-0.3, -0.25) is 4.79 Å². The van der Waals surface area contributed by atoms with Gasteiger partial charge in [0.15, 0.2) is 0 Å². The standard InChI is InChI=1S/C24H21N5O3/c1-16-8-9-17(2)21(14-16)26-23(30)22(18-6-4-3-5-7-18)32-24(31)19-10-12-20(13-11-19)29-15-25-27-28-29/h3-15,22H,1-2H3,(H,26,30). The number of anilines is 1. The molecule has 3 aromatic carbocycles. The van der Waals surface area contributed by atoms with Gasteiger partial charge in [0.2, 0.25) is 6.10 Å². The van der Waals surface area contributed by atoms with Crippen LogP contribution in [0.1, 0.15) is 33.2 Å². The monoisotopic (exact) mass is 427 g/mol. The Hall–Kier alpha value is -4.33. The summed E-state index contributed by atoms with van der Waals surface area (Å²) in [6, 6.07) is 21.3. The fourth-order valence-corrected chi connectivity index (χ4v) is 3.17. The molecule has 1 atom stereocenters. The van der Waals surface area contributed by atoms with Crippen LogP contribution in [-0.2, 0) is 9.53 Å². The van der Waals surface area contributed by atoms with E-state index >= 15 is 0 Å². The van der Waals surface area contributed by atoms with E-state index in [1.165, 1.54) is 11.0 Å². The van der Waals surface area contributed by atoms with Gasteiger partial charge in [0.25, 0.3) is 5.91 Å². The number of carbonyl (C=O) groups is 2. The van der Waals surface area contributed by atoms with Crippen LogP contribution in [0.5, 0.6) is 0 Å². The second-order valence-corrected chi connectivity index (χ2v) is 7.30. The van der Waals surface area contributed by atoms with Crippen LogP contribution >= 0.6 is 0 Å². The largest absolute Gasteiger partial charge is 0.444 e. The maximum atomic E-state index is 13.1. The van der Waals surface area contributed by atoms with Crippen molar-refractivity contribution in [2.45, 2.75) is 20.0 Å². The molecule has 0 aliphatic carbocycles. The number of nitrogens with zero attached hydrogens (tertiary/aromatic N) is 4. The molecule has 32 heavy (non-hydrogen) atoms. The van der Waals surface area contributed by atoms with Gasteiger partial charge in [-0.1, -0.05) is 42.5 Å². The van der Waals surface area contributed by atoms with Crippen molar-refractivity contribution in [3.63, 3.8) is 0 Å². The molecular formula is C24H21N5O3. The summed E-state index contributed by atoms with van der Waals surface area (Å²) in [6.45, 7) is 3.85. The highest BCUT2D eigenvalue weighted by atomic mass is 16.5. The van der Waals surface area contributed by atoms with E-state index in [2.05, 4.69) is 20.8 Å².